The van der Waals surface area contributed by atoms with Crippen molar-refractivity contribution in [3.8, 4) is 5.75 Å². The Labute approximate surface area is 332 Å². The van der Waals surface area contributed by atoms with Gasteiger partial charge >= 0.3 is 13.5 Å². The summed E-state index contributed by atoms with van der Waals surface area (Å²) in [6, 6.07) is 14.5. The summed E-state index contributed by atoms with van der Waals surface area (Å²) < 4.78 is 70.4. The van der Waals surface area contributed by atoms with Gasteiger partial charge in [-0.3, -0.25) is 23.7 Å². The fourth-order valence-electron chi connectivity index (χ4n) is 7.80. The van der Waals surface area contributed by atoms with Gasteiger partial charge in [-0.05, 0) is 110 Å². The van der Waals surface area contributed by atoms with E-state index in [1.165, 1.54) is 31.2 Å². The molecule has 3 saturated heterocycles. The second-order valence-electron chi connectivity index (χ2n) is 14.8. The largest absolute Gasteiger partial charge is 0.465 e. The molecule has 4 heterocycles. The number of alkyl halides is 1. The molecule has 0 spiro atoms. The monoisotopic (exact) mass is 824 g/mol. The van der Waals surface area contributed by atoms with Crippen LogP contribution < -0.4 is 14.9 Å². The van der Waals surface area contributed by atoms with Crippen molar-refractivity contribution in [2.75, 3.05) is 19.7 Å². The third kappa shape index (κ3) is 8.61. The number of nitrogens with zero attached hydrogens (tertiary/aromatic N) is 2. The van der Waals surface area contributed by atoms with E-state index in [1.54, 1.807) is 40.1 Å². The van der Waals surface area contributed by atoms with E-state index in [9.17, 15) is 32.5 Å². The van der Waals surface area contributed by atoms with Gasteiger partial charge in [-0.25, -0.2) is 18.3 Å². The first-order chi connectivity index (χ1) is 27.3. The van der Waals surface area contributed by atoms with Crippen molar-refractivity contribution < 1.29 is 46.2 Å². The van der Waals surface area contributed by atoms with Gasteiger partial charge in [-0.15, -0.1) is 11.3 Å². The fraction of sp³-hybridized carbons (Fsp3) is 0.415. The highest BCUT2D eigenvalue weighted by Crippen LogP contribution is 2.58. The van der Waals surface area contributed by atoms with Crippen molar-refractivity contribution >= 4 is 52.6 Å². The van der Waals surface area contributed by atoms with E-state index < -0.39 is 55.1 Å². The zero-order valence-electron chi connectivity index (χ0n) is 31.5. The van der Waals surface area contributed by atoms with Crippen molar-refractivity contribution in [3.05, 3.63) is 100 Å². The minimum atomic E-state index is -4.46. The molecule has 57 heavy (non-hydrogen) atoms. The molecule has 3 fully saturated rings. The molecule has 1 aromatic heterocycles. The number of para-hydroxylation sites is 1. The molecule has 2 N–H and O–H groups in total. The van der Waals surface area contributed by atoms with Gasteiger partial charge in [0, 0.05) is 29.7 Å². The Bertz CT molecular complexity index is 2200. The number of likely N-dealkylation sites (tertiary alicyclic amines) is 1. The molecule has 0 radical (unpaired) electrons. The molecule has 3 aliphatic rings. The lowest BCUT2D eigenvalue weighted by Crippen LogP contribution is -2.58. The second-order valence-corrected chi connectivity index (χ2v) is 18.0. The van der Waals surface area contributed by atoms with Crippen LogP contribution in [0.4, 0.5) is 13.2 Å². The first-order valence-electron chi connectivity index (χ1n) is 19.2. The molecule has 3 aliphatic heterocycles. The molecular formula is C41H44F3N4O7PS. The number of thiophene rings is 1. The first-order valence-corrected chi connectivity index (χ1v) is 21.7. The van der Waals surface area contributed by atoms with E-state index in [0.717, 1.165) is 29.5 Å². The van der Waals surface area contributed by atoms with Crippen molar-refractivity contribution in [3.63, 3.8) is 0 Å². The molecular weight excluding hydrogens is 781 g/mol. The molecule has 11 nitrogen and oxygen atoms in total. The summed E-state index contributed by atoms with van der Waals surface area (Å²) in [5, 5.41) is 5.93. The molecule has 0 saturated carbocycles. The molecule has 16 heteroatoms. The van der Waals surface area contributed by atoms with Crippen LogP contribution in [0.25, 0.3) is 10.1 Å². The molecule has 6 atom stereocenters. The number of hydrogen-bond donors (Lipinski definition) is 2. The summed E-state index contributed by atoms with van der Waals surface area (Å²) in [6.07, 6.45) is 3.42. The van der Waals surface area contributed by atoms with E-state index in [4.69, 9.17) is 9.26 Å². The van der Waals surface area contributed by atoms with E-state index in [0.29, 0.717) is 48.6 Å². The second kappa shape index (κ2) is 17.0. The van der Waals surface area contributed by atoms with Crippen LogP contribution in [0.2, 0.25) is 0 Å². The van der Waals surface area contributed by atoms with Crippen molar-refractivity contribution in [1.82, 2.24) is 20.2 Å². The smallest absolute Gasteiger partial charge is 0.355 e. The van der Waals surface area contributed by atoms with E-state index in [2.05, 4.69) is 10.4 Å². The highest BCUT2D eigenvalue weighted by atomic mass is 32.1. The van der Waals surface area contributed by atoms with E-state index in [1.807, 2.05) is 6.92 Å². The maximum Gasteiger partial charge on any atom is 0.355 e. The highest BCUT2D eigenvalue weighted by molar-refractivity contribution is 7.57. The maximum absolute atomic E-state index is 16.5. The number of carbonyl (C=O) groups is 4. The quantitative estimate of drug-likeness (QED) is 0.104. The van der Waals surface area contributed by atoms with Crippen LogP contribution in [-0.4, -0.2) is 77.4 Å². The Hall–Kier alpha value is -4.72. The van der Waals surface area contributed by atoms with Crippen LogP contribution in [0.15, 0.2) is 72.8 Å². The number of carbonyl (C=O) groups excluding carboxylic acids is 4. The molecule has 4 aromatic rings. The Balaban J connectivity index is 1.04. The summed E-state index contributed by atoms with van der Waals surface area (Å²) in [5.74, 6) is -5.27. The average Bonchev–Trinajstić information content (AvgIpc) is 3.78. The van der Waals surface area contributed by atoms with E-state index >= 15 is 4.39 Å². The minimum absolute atomic E-state index is 0.00234. The number of halogens is 3. The van der Waals surface area contributed by atoms with Crippen molar-refractivity contribution in [2.45, 2.75) is 88.4 Å². The number of fused-ring (bicyclic) bond motifs is 2. The number of hydrogen-bond acceptors (Lipinski definition) is 8. The molecule has 2 unspecified atom stereocenters. The summed E-state index contributed by atoms with van der Waals surface area (Å²) in [4.78, 5) is 57.4. The number of rotatable bonds is 13. The van der Waals surface area contributed by atoms with Gasteiger partial charge in [-0.2, -0.15) is 0 Å². The number of benzene rings is 3. The zero-order chi connectivity index (χ0) is 40.4. The van der Waals surface area contributed by atoms with Crippen LogP contribution >= 0.6 is 18.9 Å². The standard InChI is InChI=1S/C41H44F3N4O7PS/c1-3-18-54-41(52)24(2)46-56(53,55-30-9-5-4-6-10-30)37(44)25-12-17-35-26(19-25)20-36(57-35)38(49)45-33-11-7-8-29-14-16-34(48(29)39(33)50)40(51)47-22-27(23-47)31-21-28(42)13-15-32(31)43/h4-6,9-10,12-13,15,17,19-21,24,27,29,33-34,37H,3,7-8,11,14,16,18,22-23H2,1-2H3,(H,45,49)(H,46,53)/t24-,29-,33-,34-,37?,56?/m0/s1. The van der Waals surface area contributed by atoms with Gasteiger partial charge in [0.25, 0.3) is 5.91 Å². The Morgan fingerprint density at radius 3 is 2.51 bits per heavy atom. The topological polar surface area (TPSA) is 134 Å². The maximum atomic E-state index is 16.5. The molecule has 302 valence electrons. The molecule has 3 aromatic carbocycles. The van der Waals surface area contributed by atoms with Crippen LogP contribution in [0.1, 0.15) is 85.0 Å². The Morgan fingerprint density at radius 1 is 0.982 bits per heavy atom. The fourth-order valence-corrected chi connectivity index (χ4v) is 10.7. The molecule has 0 aliphatic carbocycles. The van der Waals surface area contributed by atoms with Crippen LogP contribution in [0.5, 0.6) is 5.75 Å². The Kier molecular flexibility index (Phi) is 12.1. The summed E-state index contributed by atoms with van der Waals surface area (Å²) in [6.45, 7) is 3.84. The van der Waals surface area contributed by atoms with Gasteiger partial charge in [0.05, 0.1) is 11.5 Å². The number of nitrogens with one attached hydrogen (secondary N) is 2. The number of ether oxygens (including phenoxy) is 1. The predicted molar refractivity (Wildman–Crippen MR) is 209 cm³/mol. The van der Waals surface area contributed by atoms with Crippen LogP contribution in [0, 0.1) is 11.6 Å². The normalized spacial score (nSPS) is 21.8. The van der Waals surface area contributed by atoms with Gasteiger partial charge in [0.15, 0.2) is 0 Å². The molecule has 3 amide bonds. The first kappa shape index (κ1) is 40.5. The number of amides is 3. The zero-order valence-corrected chi connectivity index (χ0v) is 33.2. The lowest BCUT2D eigenvalue weighted by Gasteiger charge is -2.42. The predicted octanol–water partition coefficient (Wildman–Crippen LogP) is 7.62. The van der Waals surface area contributed by atoms with Gasteiger partial charge in [0.2, 0.25) is 17.7 Å². The molecule has 7 rings (SSSR count). The summed E-state index contributed by atoms with van der Waals surface area (Å²) in [7, 11) is -4.46. The van der Waals surface area contributed by atoms with Crippen molar-refractivity contribution in [1.29, 1.82) is 0 Å². The number of esters is 1. The molecule has 0 bridgehead atoms. The highest BCUT2D eigenvalue weighted by Gasteiger charge is 2.48. The van der Waals surface area contributed by atoms with E-state index in [-0.39, 0.29) is 65.2 Å². The third-order valence-electron chi connectivity index (χ3n) is 10.8. The third-order valence-corrected chi connectivity index (χ3v) is 14.0. The minimum Gasteiger partial charge on any atom is -0.465 e. The van der Waals surface area contributed by atoms with Gasteiger partial charge in [0.1, 0.15) is 35.5 Å². The lowest BCUT2D eigenvalue weighted by molar-refractivity contribution is -0.148. The summed E-state index contributed by atoms with van der Waals surface area (Å²) >= 11 is 1.15. The summed E-state index contributed by atoms with van der Waals surface area (Å²) in [5.41, 5.74) is 0.224. The van der Waals surface area contributed by atoms with Crippen LogP contribution in [-0.2, 0) is 23.7 Å². The van der Waals surface area contributed by atoms with Crippen molar-refractivity contribution in [2.24, 2.45) is 0 Å². The van der Waals surface area contributed by atoms with Crippen LogP contribution in [0.3, 0.4) is 0 Å². The SMILES string of the molecule is CCCOC(=O)[C@H](C)NP(=O)(Oc1ccccc1)C(F)c1ccc2sc(C(=O)N[C@H]3CCC[C@H]4CC[C@@H](C(=O)N5CC(c6cc(F)ccc6F)C5)N4C3=O)cc2c1. The van der Waals surface area contributed by atoms with Gasteiger partial charge < -0.3 is 24.4 Å². The Morgan fingerprint density at radius 2 is 1.75 bits per heavy atom. The average molecular weight is 825 g/mol. The lowest BCUT2D eigenvalue weighted by atomic mass is 9.90. The van der Waals surface area contributed by atoms with Gasteiger partial charge in [-0.1, -0.05) is 31.2 Å².